The molecule has 0 spiro atoms. The van der Waals surface area contributed by atoms with Crippen LogP contribution in [0.4, 0.5) is 15.2 Å². The summed E-state index contributed by atoms with van der Waals surface area (Å²) in [6.07, 6.45) is 0. The highest BCUT2D eigenvalue weighted by Crippen LogP contribution is 2.48. The number of anilines is 2. The quantitative estimate of drug-likeness (QED) is 0.449. The van der Waals surface area contributed by atoms with Crippen LogP contribution in [0.2, 0.25) is 15.1 Å². The molecule has 0 unspecified atom stereocenters. The van der Waals surface area contributed by atoms with Gasteiger partial charge in [0.1, 0.15) is 16.5 Å². The Balaban J connectivity index is 1.69. The number of nitrogens with zero attached hydrogens (tertiary/aromatic N) is 3. The van der Waals surface area contributed by atoms with Gasteiger partial charge in [0.15, 0.2) is 0 Å². The van der Waals surface area contributed by atoms with Gasteiger partial charge in [0, 0.05) is 27.8 Å². The number of amides is 1. The minimum absolute atomic E-state index is 0.00383. The van der Waals surface area contributed by atoms with Crippen LogP contribution in [0.1, 0.15) is 30.8 Å². The van der Waals surface area contributed by atoms with E-state index in [-0.39, 0.29) is 33.2 Å². The van der Waals surface area contributed by atoms with Crippen LogP contribution in [-0.2, 0) is 26.8 Å². The van der Waals surface area contributed by atoms with Crippen molar-refractivity contribution in [2.75, 3.05) is 9.62 Å². The molecule has 0 bridgehead atoms. The fourth-order valence-electron chi connectivity index (χ4n) is 3.65. The van der Waals surface area contributed by atoms with Crippen molar-refractivity contribution < 1.29 is 17.6 Å². The van der Waals surface area contributed by atoms with Crippen LogP contribution in [0.5, 0.6) is 0 Å². The summed E-state index contributed by atoms with van der Waals surface area (Å²) in [5.74, 6) is -0.919. The minimum atomic E-state index is -4.30. The van der Waals surface area contributed by atoms with E-state index in [0.717, 1.165) is 23.7 Å². The Morgan fingerprint density at radius 2 is 1.88 bits per heavy atom. The lowest BCUT2D eigenvalue weighted by Gasteiger charge is -2.21. The van der Waals surface area contributed by atoms with E-state index in [4.69, 9.17) is 34.8 Å². The summed E-state index contributed by atoms with van der Waals surface area (Å²) in [5, 5.41) is 0.565. The number of carbonyl (C=O) groups excluding carboxylic acids is 1. The molecule has 1 aromatic heterocycles. The molecule has 13 heteroatoms. The monoisotopic (exact) mass is 548 g/mol. The fraction of sp³-hybridized carbons (Fsp3) is 0.250. The Morgan fingerprint density at radius 3 is 2.52 bits per heavy atom. The summed E-state index contributed by atoms with van der Waals surface area (Å²) in [4.78, 5) is 17.8. The number of sulfonamides is 1. The normalized spacial score (nSPS) is 15.1. The van der Waals surface area contributed by atoms with Gasteiger partial charge in [0.2, 0.25) is 11.0 Å². The summed E-state index contributed by atoms with van der Waals surface area (Å²) < 4.78 is 46.3. The van der Waals surface area contributed by atoms with E-state index in [1.807, 2.05) is 0 Å². The van der Waals surface area contributed by atoms with E-state index in [1.54, 1.807) is 32.9 Å². The van der Waals surface area contributed by atoms with Crippen molar-refractivity contribution in [3.8, 4) is 0 Å². The molecule has 1 amide bonds. The first-order valence-corrected chi connectivity index (χ1v) is 12.8. The summed E-state index contributed by atoms with van der Waals surface area (Å²) in [5.41, 5.74) is 0.355. The number of carbonyl (C=O) groups is 1. The first kappa shape index (κ1) is 24.2. The van der Waals surface area contributed by atoms with E-state index in [1.165, 1.54) is 4.90 Å². The number of fused-ring (bicyclic) bond motifs is 1. The molecule has 3 aromatic rings. The molecule has 0 saturated carbocycles. The van der Waals surface area contributed by atoms with Crippen LogP contribution in [0.3, 0.4) is 0 Å². The summed E-state index contributed by atoms with van der Waals surface area (Å²) in [6, 6.07) is 5.23. The summed E-state index contributed by atoms with van der Waals surface area (Å²) in [7, 11) is -4.30. The predicted molar refractivity (Wildman–Crippen MR) is 128 cm³/mol. The highest BCUT2D eigenvalue weighted by molar-refractivity contribution is 7.93. The van der Waals surface area contributed by atoms with Crippen molar-refractivity contribution in [1.82, 2.24) is 9.36 Å². The lowest BCUT2D eigenvalue weighted by Crippen LogP contribution is -2.36. The van der Waals surface area contributed by atoms with Crippen LogP contribution < -0.4 is 9.62 Å². The Labute approximate surface area is 208 Å². The maximum Gasteiger partial charge on any atom is 0.266 e. The number of benzene rings is 2. The van der Waals surface area contributed by atoms with Crippen LogP contribution in [0.15, 0.2) is 29.2 Å². The number of nitrogens with one attached hydrogen (secondary N) is 1. The number of hydrogen-bond acceptors (Lipinski definition) is 6. The molecule has 7 nitrogen and oxygen atoms in total. The number of aryl methyl sites for hydroxylation is 1. The fourth-order valence-corrected chi connectivity index (χ4v) is 6.37. The molecule has 0 saturated heterocycles. The van der Waals surface area contributed by atoms with Gasteiger partial charge in [-0.15, -0.1) is 0 Å². The van der Waals surface area contributed by atoms with Gasteiger partial charge in [-0.1, -0.05) is 34.8 Å². The third-order valence-corrected chi connectivity index (χ3v) is 8.60. The van der Waals surface area contributed by atoms with Gasteiger partial charge in [-0.25, -0.2) is 17.8 Å². The average molecular weight is 550 g/mol. The first-order chi connectivity index (χ1) is 15.3. The Hall–Kier alpha value is -1.98. The Bertz CT molecular complexity index is 1410. The van der Waals surface area contributed by atoms with Crippen LogP contribution >= 0.6 is 46.3 Å². The first-order valence-electron chi connectivity index (χ1n) is 9.44. The van der Waals surface area contributed by atoms with E-state index >= 15 is 0 Å². The van der Waals surface area contributed by atoms with E-state index in [2.05, 4.69) is 14.1 Å². The second kappa shape index (κ2) is 8.35. The summed E-state index contributed by atoms with van der Waals surface area (Å²) in [6.45, 7) is 4.94. The van der Waals surface area contributed by atoms with Crippen molar-refractivity contribution in [3.05, 3.63) is 62.1 Å². The van der Waals surface area contributed by atoms with Gasteiger partial charge < -0.3 is 4.90 Å². The molecule has 4 rings (SSSR count). The molecule has 2 aromatic carbocycles. The largest absolute Gasteiger partial charge is 0.307 e. The van der Waals surface area contributed by atoms with Crippen LogP contribution in [0, 0.1) is 12.7 Å². The molecule has 0 radical (unpaired) electrons. The van der Waals surface area contributed by atoms with Crippen molar-refractivity contribution in [2.45, 2.75) is 37.6 Å². The zero-order chi connectivity index (χ0) is 24.3. The Morgan fingerprint density at radius 1 is 1.18 bits per heavy atom. The SMILES string of the molecule is Cc1nsc(NS(=O)(=O)c2cc(Cl)c(CN3C(=O)C(C)(C)c4c3ccc(Cl)c4Cl)cc2F)n1. The molecule has 1 aliphatic heterocycles. The van der Waals surface area contributed by atoms with Crippen molar-refractivity contribution in [3.63, 3.8) is 0 Å². The maximum atomic E-state index is 14.9. The molecule has 0 fully saturated rings. The molecular weight excluding hydrogens is 534 g/mol. The predicted octanol–water partition coefficient (Wildman–Crippen LogP) is 5.57. The third kappa shape index (κ3) is 4.19. The maximum absolute atomic E-state index is 14.9. The van der Waals surface area contributed by atoms with Gasteiger partial charge >= 0.3 is 0 Å². The topological polar surface area (TPSA) is 92.3 Å². The van der Waals surface area contributed by atoms with Crippen molar-refractivity contribution in [1.29, 1.82) is 0 Å². The van der Waals surface area contributed by atoms with Gasteiger partial charge in [0.25, 0.3) is 10.0 Å². The number of halogens is 4. The van der Waals surface area contributed by atoms with Gasteiger partial charge in [-0.2, -0.15) is 4.37 Å². The lowest BCUT2D eigenvalue weighted by molar-refractivity contribution is -0.122. The molecule has 1 N–H and O–H groups in total. The Kier molecular flexibility index (Phi) is 6.11. The smallest absolute Gasteiger partial charge is 0.266 e. The molecule has 0 atom stereocenters. The van der Waals surface area contributed by atoms with Crippen LogP contribution in [0.25, 0.3) is 0 Å². The standard InChI is InChI=1S/C20H16Cl3FN4O3S2/c1-9-25-19(32-26-9)27-33(30,31)15-7-12(22)10(6-13(15)24)8-28-14-5-4-11(21)17(23)16(14)20(2,3)18(28)29/h4-7H,8H2,1-3H3,(H,25,26,27). The van der Waals surface area contributed by atoms with E-state index < -0.39 is 26.2 Å². The van der Waals surface area contributed by atoms with Gasteiger partial charge in [0.05, 0.1) is 22.0 Å². The highest BCUT2D eigenvalue weighted by atomic mass is 35.5. The van der Waals surface area contributed by atoms with E-state index in [0.29, 0.717) is 22.1 Å². The second-order valence-corrected chi connectivity index (χ2v) is 11.5. The van der Waals surface area contributed by atoms with Crippen molar-refractivity contribution in [2.24, 2.45) is 0 Å². The molecule has 1 aliphatic rings. The number of hydrogen-bond donors (Lipinski definition) is 1. The number of aromatic nitrogens is 2. The molecule has 174 valence electrons. The molecule has 33 heavy (non-hydrogen) atoms. The highest BCUT2D eigenvalue weighted by Gasteiger charge is 2.46. The van der Waals surface area contributed by atoms with E-state index in [9.17, 15) is 17.6 Å². The molecule has 0 aliphatic carbocycles. The summed E-state index contributed by atoms with van der Waals surface area (Å²) >= 11 is 19.7. The average Bonchev–Trinajstić information content (AvgIpc) is 3.20. The third-order valence-electron chi connectivity index (χ3n) is 5.24. The molecular formula is C20H16Cl3FN4O3S2. The second-order valence-electron chi connectivity index (χ2n) is 7.90. The zero-order valence-corrected chi connectivity index (χ0v) is 21.3. The van der Waals surface area contributed by atoms with Gasteiger partial charge in [-0.05, 0) is 50.6 Å². The molecule has 2 heterocycles. The lowest BCUT2D eigenvalue weighted by atomic mass is 9.86. The van der Waals surface area contributed by atoms with Gasteiger partial charge in [-0.3, -0.25) is 9.52 Å². The minimum Gasteiger partial charge on any atom is -0.307 e. The zero-order valence-electron chi connectivity index (χ0n) is 17.4. The van der Waals surface area contributed by atoms with Crippen molar-refractivity contribution >= 4 is 73.1 Å². The number of rotatable bonds is 5. The van der Waals surface area contributed by atoms with Crippen LogP contribution in [-0.4, -0.2) is 23.7 Å².